The average Bonchev–Trinajstić information content (AvgIpc) is 2.57. The second kappa shape index (κ2) is 9.62. The van der Waals surface area contributed by atoms with E-state index in [1.807, 2.05) is 37.3 Å². The highest BCUT2D eigenvalue weighted by molar-refractivity contribution is 5.76. The minimum Gasteiger partial charge on any atom is -0.386 e. The summed E-state index contributed by atoms with van der Waals surface area (Å²) in [6.07, 6.45) is 4.43. The van der Waals surface area contributed by atoms with Crippen molar-refractivity contribution in [1.82, 2.24) is 4.90 Å². The van der Waals surface area contributed by atoms with Crippen LogP contribution in [0.1, 0.15) is 64.5 Å². The number of aliphatic hydroxyl groups is 1. The third kappa shape index (κ3) is 5.45. The van der Waals surface area contributed by atoms with Gasteiger partial charge in [0, 0.05) is 13.5 Å². The molecule has 3 heteroatoms. The van der Waals surface area contributed by atoms with Crippen LogP contribution in [0.3, 0.4) is 0 Å². The number of carbonyl (C=O) groups excluding carboxylic acids is 1. The first-order valence-electron chi connectivity index (χ1n) is 8.49. The molecule has 0 saturated carbocycles. The summed E-state index contributed by atoms with van der Waals surface area (Å²) in [5.41, 5.74) is 0.854. The molecule has 0 heterocycles. The van der Waals surface area contributed by atoms with E-state index in [-0.39, 0.29) is 11.9 Å². The highest BCUT2D eigenvalue weighted by atomic mass is 16.3. The Bertz CT molecular complexity index is 432. The van der Waals surface area contributed by atoms with Crippen molar-refractivity contribution in [2.45, 2.75) is 65.0 Å². The molecule has 3 atom stereocenters. The van der Waals surface area contributed by atoms with Crippen LogP contribution >= 0.6 is 0 Å². The standard InChI is InChI=1S/C19H31NO2/c1-5-7-11-16(6-2)14-18(21)20(4)15(3)19(22)17-12-9-8-10-13-17/h8-10,12-13,15-16,19,22H,5-7,11,14H2,1-4H3/t15-,16-,19+/m0/s1. The molecule has 1 amide bonds. The zero-order valence-corrected chi connectivity index (χ0v) is 14.5. The molecular formula is C19H31NO2. The summed E-state index contributed by atoms with van der Waals surface area (Å²) in [5.74, 6) is 0.585. The van der Waals surface area contributed by atoms with Crippen LogP contribution in [0.4, 0.5) is 0 Å². The maximum Gasteiger partial charge on any atom is 0.222 e. The number of carbonyl (C=O) groups is 1. The zero-order valence-electron chi connectivity index (χ0n) is 14.5. The Morgan fingerprint density at radius 1 is 1.23 bits per heavy atom. The third-order valence-electron chi connectivity index (χ3n) is 4.61. The van der Waals surface area contributed by atoms with Gasteiger partial charge >= 0.3 is 0 Å². The van der Waals surface area contributed by atoms with Gasteiger partial charge in [-0.15, -0.1) is 0 Å². The molecule has 0 unspecified atom stereocenters. The summed E-state index contributed by atoms with van der Waals surface area (Å²) < 4.78 is 0. The molecule has 1 aromatic carbocycles. The van der Waals surface area contributed by atoms with Crippen LogP contribution in [0, 0.1) is 5.92 Å². The van der Waals surface area contributed by atoms with Crippen LogP contribution in [0.15, 0.2) is 30.3 Å². The quantitative estimate of drug-likeness (QED) is 0.743. The van der Waals surface area contributed by atoms with Crippen molar-refractivity contribution >= 4 is 5.91 Å². The van der Waals surface area contributed by atoms with E-state index in [1.165, 1.54) is 12.8 Å². The summed E-state index contributed by atoms with van der Waals surface area (Å²) in [6.45, 7) is 6.23. The topological polar surface area (TPSA) is 40.5 Å². The van der Waals surface area contributed by atoms with Gasteiger partial charge in [-0.1, -0.05) is 63.4 Å². The summed E-state index contributed by atoms with van der Waals surface area (Å²) in [6, 6.07) is 9.31. The maximum absolute atomic E-state index is 12.5. The molecule has 1 aromatic rings. The second-order valence-electron chi connectivity index (χ2n) is 6.22. The number of amides is 1. The van der Waals surface area contributed by atoms with Crippen LogP contribution in [-0.2, 0) is 4.79 Å². The van der Waals surface area contributed by atoms with Crippen molar-refractivity contribution in [2.24, 2.45) is 5.92 Å². The molecular weight excluding hydrogens is 274 g/mol. The van der Waals surface area contributed by atoms with E-state index in [1.54, 1.807) is 11.9 Å². The van der Waals surface area contributed by atoms with Crippen molar-refractivity contribution in [2.75, 3.05) is 7.05 Å². The maximum atomic E-state index is 12.5. The van der Waals surface area contributed by atoms with Gasteiger partial charge in [-0.25, -0.2) is 0 Å². The molecule has 0 saturated heterocycles. The molecule has 0 spiro atoms. The number of hydrogen-bond acceptors (Lipinski definition) is 2. The monoisotopic (exact) mass is 305 g/mol. The Morgan fingerprint density at radius 3 is 2.41 bits per heavy atom. The molecule has 3 nitrogen and oxygen atoms in total. The fourth-order valence-corrected chi connectivity index (χ4v) is 2.70. The van der Waals surface area contributed by atoms with Gasteiger partial charge in [0.25, 0.3) is 0 Å². The molecule has 1 rings (SSSR count). The van der Waals surface area contributed by atoms with Gasteiger partial charge in [0.1, 0.15) is 0 Å². The van der Waals surface area contributed by atoms with Crippen molar-refractivity contribution in [3.05, 3.63) is 35.9 Å². The van der Waals surface area contributed by atoms with Gasteiger partial charge in [-0.3, -0.25) is 4.79 Å². The Balaban J connectivity index is 2.61. The molecule has 0 radical (unpaired) electrons. The highest BCUT2D eigenvalue weighted by Crippen LogP contribution is 2.23. The van der Waals surface area contributed by atoms with Crippen LogP contribution in [0.25, 0.3) is 0 Å². The minimum atomic E-state index is -0.647. The number of nitrogens with zero attached hydrogens (tertiary/aromatic N) is 1. The van der Waals surface area contributed by atoms with Crippen LogP contribution in [-0.4, -0.2) is 29.0 Å². The first kappa shape index (κ1) is 18.7. The van der Waals surface area contributed by atoms with Crippen LogP contribution in [0.5, 0.6) is 0 Å². The largest absolute Gasteiger partial charge is 0.386 e. The molecule has 1 N–H and O–H groups in total. The summed E-state index contributed by atoms with van der Waals surface area (Å²) >= 11 is 0. The number of rotatable bonds is 9. The number of hydrogen-bond donors (Lipinski definition) is 1. The van der Waals surface area contributed by atoms with E-state index < -0.39 is 6.10 Å². The number of aliphatic hydroxyl groups excluding tert-OH is 1. The third-order valence-corrected chi connectivity index (χ3v) is 4.61. The molecule has 0 bridgehead atoms. The lowest BCUT2D eigenvalue weighted by Gasteiger charge is -2.30. The van der Waals surface area contributed by atoms with E-state index in [4.69, 9.17) is 0 Å². The molecule has 0 aromatic heterocycles. The van der Waals surface area contributed by atoms with Gasteiger partial charge in [-0.05, 0) is 24.8 Å². The summed E-state index contributed by atoms with van der Waals surface area (Å²) in [5, 5.41) is 10.4. The number of benzene rings is 1. The van der Waals surface area contributed by atoms with E-state index in [0.29, 0.717) is 12.3 Å². The molecule has 0 aliphatic heterocycles. The zero-order chi connectivity index (χ0) is 16.5. The Morgan fingerprint density at radius 2 is 1.86 bits per heavy atom. The van der Waals surface area contributed by atoms with E-state index >= 15 is 0 Å². The molecule has 22 heavy (non-hydrogen) atoms. The van der Waals surface area contributed by atoms with E-state index in [9.17, 15) is 9.90 Å². The van der Waals surface area contributed by atoms with E-state index in [2.05, 4.69) is 13.8 Å². The smallest absolute Gasteiger partial charge is 0.222 e. The normalized spacial score (nSPS) is 15.1. The Kier molecular flexibility index (Phi) is 8.18. The summed E-state index contributed by atoms with van der Waals surface area (Å²) in [4.78, 5) is 14.2. The highest BCUT2D eigenvalue weighted by Gasteiger charge is 2.25. The average molecular weight is 305 g/mol. The van der Waals surface area contributed by atoms with Gasteiger partial charge < -0.3 is 10.0 Å². The van der Waals surface area contributed by atoms with Crippen molar-refractivity contribution in [1.29, 1.82) is 0 Å². The van der Waals surface area contributed by atoms with Crippen molar-refractivity contribution < 1.29 is 9.90 Å². The lowest BCUT2D eigenvalue weighted by Crippen LogP contribution is -2.39. The fraction of sp³-hybridized carbons (Fsp3) is 0.632. The van der Waals surface area contributed by atoms with Crippen molar-refractivity contribution in [3.8, 4) is 0 Å². The lowest BCUT2D eigenvalue weighted by molar-refractivity contribution is -0.135. The SMILES string of the molecule is CCCC[C@H](CC)CC(=O)N(C)[C@@H](C)[C@@H](O)c1ccccc1. The fourth-order valence-electron chi connectivity index (χ4n) is 2.70. The molecule has 124 valence electrons. The summed E-state index contributed by atoms with van der Waals surface area (Å²) in [7, 11) is 1.80. The lowest BCUT2D eigenvalue weighted by atomic mass is 9.94. The number of likely N-dealkylation sites (N-methyl/N-ethyl adjacent to an activating group) is 1. The Labute approximate surface area is 135 Å². The van der Waals surface area contributed by atoms with Crippen molar-refractivity contribution in [3.63, 3.8) is 0 Å². The number of unbranched alkanes of at least 4 members (excludes halogenated alkanes) is 1. The van der Waals surface area contributed by atoms with Gasteiger partial charge in [-0.2, -0.15) is 0 Å². The minimum absolute atomic E-state index is 0.130. The predicted octanol–water partition coefficient (Wildman–Crippen LogP) is 4.17. The van der Waals surface area contributed by atoms with Crippen LogP contribution in [0.2, 0.25) is 0 Å². The first-order chi connectivity index (χ1) is 10.5. The van der Waals surface area contributed by atoms with Crippen LogP contribution < -0.4 is 0 Å². The molecule has 0 fully saturated rings. The Hall–Kier alpha value is -1.35. The van der Waals surface area contributed by atoms with E-state index in [0.717, 1.165) is 18.4 Å². The van der Waals surface area contributed by atoms with Gasteiger partial charge in [0.15, 0.2) is 0 Å². The molecule has 0 aliphatic carbocycles. The van der Waals surface area contributed by atoms with Gasteiger partial charge in [0.05, 0.1) is 12.1 Å². The first-order valence-corrected chi connectivity index (χ1v) is 8.49. The molecule has 0 aliphatic rings. The predicted molar refractivity (Wildman–Crippen MR) is 91.6 cm³/mol. The second-order valence-corrected chi connectivity index (χ2v) is 6.22. The van der Waals surface area contributed by atoms with Gasteiger partial charge in [0.2, 0.25) is 5.91 Å².